The highest BCUT2D eigenvalue weighted by Crippen LogP contribution is 2.30. The lowest BCUT2D eigenvalue weighted by Gasteiger charge is -2.36. The third-order valence-corrected chi connectivity index (χ3v) is 4.20. The molecule has 4 nitrogen and oxygen atoms in total. The minimum Gasteiger partial charge on any atom is -0.480 e. The Kier molecular flexibility index (Phi) is 7.39. The summed E-state index contributed by atoms with van der Waals surface area (Å²) < 4.78 is 0. The first-order valence-electron chi connectivity index (χ1n) is 7.63. The van der Waals surface area contributed by atoms with Gasteiger partial charge in [0.05, 0.1) is 6.54 Å². The molecule has 0 spiro atoms. The number of aliphatic carboxylic acids is 1. The number of hydrogen-bond donors (Lipinski definition) is 1. The van der Waals surface area contributed by atoms with Gasteiger partial charge in [-0.25, -0.2) is 0 Å². The standard InChI is InChI=1S/C15H30N2O2/c1-4-5-13-6-8-14(9-7-13)17(12-15(18)19)11-10-16(2)3/h13-14H,4-12H2,1-3H3,(H,18,19). The maximum atomic E-state index is 11.0. The van der Waals surface area contributed by atoms with Gasteiger partial charge in [0, 0.05) is 19.1 Å². The van der Waals surface area contributed by atoms with Gasteiger partial charge in [-0.1, -0.05) is 19.8 Å². The van der Waals surface area contributed by atoms with Gasteiger partial charge in [0.2, 0.25) is 0 Å². The van der Waals surface area contributed by atoms with Crippen molar-refractivity contribution in [3.05, 3.63) is 0 Å². The molecule has 0 heterocycles. The van der Waals surface area contributed by atoms with Crippen LogP contribution in [0.25, 0.3) is 0 Å². The molecule has 1 aliphatic carbocycles. The van der Waals surface area contributed by atoms with E-state index in [4.69, 9.17) is 5.11 Å². The van der Waals surface area contributed by atoms with Crippen LogP contribution in [0.15, 0.2) is 0 Å². The van der Waals surface area contributed by atoms with Gasteiger partial charge in [0.1, 0.15) is 0 Å². The van der Waals surface area contributed by atoms with Crippen LogP contribution < -0.4 is 0 Å². The number of hydrogen-bond acceptors (Lipinski definition) is 3. The average molecular weight is 270 g/mol. The molecule has 1 rings (SSSR count). The Hall–Kier alpha value is -0.610. The predicted molar refractivity (Wildman–Crippen MR) is 78.4 cm³/mol. The van der Waals surface area contributed by atoms with E-state index in [0.717, 1.165) is 19.0 Å². The average Bonchev–Trinajstić information content (AvgIpc) is 2.35. The normalized spacial score (nSPS) is 24.1. The lowest BCUT2D eigenvalue weighted by molar-refractivity contribution is -0.139. The number of likely N-dealkylation sites (N-methyl/N-ethyl adjacent to an activating group) is 1. The monoisotopic (exact) mass is 270 g/mol. The molecule has 0 aromatic carbocycles. The smallest absolute Gasteiger partial charge is 0.317 e. The van der Waals surface area contributed by atoms with Crippen LogP contribution in [0, 0.1) is 5.92 Å². The Morgan fingerprint density at radius 1 is 1.16 bits per heavy atom. The number of nitrogens with zero attached hydrogens (tertiary/aromatic N) is 2. The molecule has 0 bridgehead atoms. The zero-order valence-electron chi connectivity index (χ0n) is 12.8. The van der Waals surface area contributed by atoms with Crippen molar-refractivity contribution < 1.29 is 9.90 Å². The van der Waals surface area contributed by atoms with E-state index in [0.29, 0.717) is 6.04 Å². The van der Waals surface area contributed by atoms with Gasteiger partial charge in [-0.3, -0.25) is 9.69 Å². The summed E-state index contributed by atoms with van der Waals surface area (Å²) >= 11 is 0. The Labute approximate surface area is 117 Å². The van der Waals surface area contributed by atoms with Crippen LogP contribution in [0.3, 0.4) is 0 Å². The van der Waals surface area contributed by atoms with Crippen LogP contribution in [0.4, 0.5) is 0 Å². The second kappa shape index (κ2) is 8.54. The first-order valence-corrected chi connectivity index (χ1v) is 7.63. The molecule has 0 aromatic heterocycles. The van der Waals surface area contributed by atoms with E-state index in [-0.39, 0.29) is 6.54 Å². The summed E-state index contributed by atoms with van der Waals surface area (Å²) in [7, 11) is 4.08. The van der Waals surface area contributed by atoms with Crippen LogP contribution >= 0.6 is 0 Å². The van der Waals surface area contributed by atoms with Crippen molar-refractivity contribution >= 4 is 5.97 Å². The predicted octanol–water partition coefficient (Wildman–Crippen LogP) is 2.29. The summed E-state index contributed by atoms with van der Waals surface area (Å²) in [5.41, 5.74) is 0. The van der Waals surface area contributed by atoms with Crippen molar-refractivity contribution in [3.63, 3.8) is 0 Å². The number of carboxylic acid groups (broad SMARTS) is 1. The highest BCUT2D eigenvalue weighted by atomic mass is 16.4. The van der Waals surface area contributed by atoms with Crippen LogP contribution in [0.1, 0.15) is 45.4 Å². The molecule has 0 atom stereocenters. The largest absolute Gasteiger partial charge is 0.480 e. The Morgan fingerprint density at radius 2 is 1.79 bits per heavy atom. The highest BCUT2D eigenvalue weighted by molar-refractivity contribution is 5.69. The van der Waals surface area contributed by atoms with Crippen molar-refractivity contribution in [2.24, 2.45) is 5.92 Å². The van der Waals surface area contributed by atoms with E-state index in [2.05, 4.69) is 16.7 Å². The molecule has 0 aliphatic heterocycles. The number of carbonyl (C=O) groups is 1. The van der Waals surface area contributed by atoms with Crippen LogP contribution in [0.5, 0.6) is 0 Å². The number of carboxylic acids is 1. The lowest BCUT2D eigenvalue weighted by Crippen LogP contribution is -2.44. The Balaban J connectivity index is 2.44. The van der Waals surface area contributed by atoms with Crippen molar-refractivity contribution in [2.75, 3.05) is 33.7 Å². The quantitative estimate of drug-likeness (QED) is 0.735. The zero-order valence-corrected chi connectivity index (χ0v) is 12.8. The van der Waals surface area contributed by atoms with E-state index in [1.54, 1.807) is 0 Å². The molecule has 1 N–H and O–H groups in total. The SMILES string of the molecule is CCCC1CCC(N(CCN(C)C)CC(=O)O)CC1. The molecular formula is C15H30N2O2. The molecule has 1 fully saturated rings. The van der Waals surface area contributed by atoms with Crippen molar-refractivity contribution in [1.29, 1.82) is 0 Å². The van der Waals surface area contributed by atoms with Crippen LogP contribution in [-0.4, -0.2) is 60.6 Å². The second-order valence-electron chi connectivity index (χ2n) is 6.13. The fraction of sp³-hybridized carbons (Fsp3) is 0.933. The van der Waals surface area contributed by atoms with Crippen molar-refractivity contribution in [2.45, 2.75) is 51.5 Å². The summed E-state index contributed by atoms with van der Waals surface area (Å²) in [5.74, 6) is 0.177. The van der Waals surface area contributed by atoms with E-state index >= 15 is 0 Å². The molecule has 0 saturated heterocycles. The van der Waals surface area contributed by atoms with Gasteiger partial charge in [0.25, 0.3) is 0 Å². The summed E-state index contributed by atoms with van der Waals surface area (Å²) in [6.45, 7) is 4.24. The fourth-order valence-electron chi connectivity index (χ4n) is 3.10. The first-order chi connectivity index (χ1) is 9.02. The van der Waals surface area contributed by atoms with Gasteiger partial charge >= 0.3 is 5.97 Å². The maximum Gasteiger partial charge on any atom is 0.317 e. The molecule has 0 aromatic rings. The van der Waals surface area contributed by atoms with E-state index < -0.39 is 5.97 Å². The third kappa shape index (κ3) is 6.39. The van der Waals surface area contributed by atoms with Gasteiger partial charge in [-0.05, 0) is 45.7 Å². The van der Waals surface area contributed by atoms with E-state index in [9.17, 15) is 4.79 Å². The molecule has 0 radical (unpaired) electrons. The molecule has 112 valence electrons. The molecule has 0 unspecified atom stereocenters. The molecular weight excluding hydrogens is 240 g/mol. The fourth-order valence-corrected chi connectivity index (χ4v) is 3.10. The van der Waals surface area contributed by atoms with E-state index in [1.807, 2.05) is 14.1 Å². The molecule has 4 heteroatoms. The van der Waals surface area contributed by atoms with Gasteiger partial charge in [0.15, 0.2) is 0 Å². The van der Waals surface area contributed by atoms with Crippen LogP contribution in [-0.2, 0) is 4.79 Å². The summed E-state index contributed by atoms with van der Waals surface area (Å²) in [6.07, 6.45) is 7.50. The molecule has 1 saturated carbocycles. The molecule has 0 amide bonds. The maximum absolute atomic E-state index is 11.0. The minimum absolute atomic E-state index is 0.191. The summed E-state index contributed by atoms with van der Waals surface area (Å²) in [6, 6.07) is 0.476. The zero-order chi connectivity index (χ0) is 14.3. The molecule has 1 aliphatic rings. The third-order valence-electron chi connectivity index (χ3n) is 4.20. The lowest BCUT2D eigenvalue weighted by atomic mass is 9.83. The van der Waals surface area contributed by atoms with Crippen LogP contribution in [0.2, 0.25) is 0 Å². The van der Waals surface area contributed by atoms with Crippen molar-refractivity contribution in [1.82, 2.24) is 9.80 Å². The topological polar surface area (TPSA) is 43.8 Å². The first kappa shape index (κ1) is 16.4. The highest BCUT2D eigenvalue weighted by Gasteiger charge is 2.26. The van der Waals surface area contributed by atoms with Gasteiger partial charge < -0.3 is 10.0 Å². The molecule has 19 heavy (non-hydrogen) atoms. The Bertz CT molecular complexity index is 261. The van der Waals surface area contributed by atoms with Crippen molar-refractivity contribution in [3.8, 4) is 0 Å². The minimum atomic E-state index is -0.700. The van der Waals surface area contributed by atoms with Gasteiger partial charge in [-0.2, -0.15) is 0 Å². The Morgan fingerprint density at radius 3 is 2.26 bits per heavy atom. The second-order valence-corrected chi connectivity index (χ2v) is 6.13. The summed E-state index contributed by atoms with van der Waals surface area (Å²) in [5, 5.41) is 9.06. The number of rotatable bonds is 8. The van der Waals surface area contributed by atoms with E-state index in [1.165, 1.54) is 38.5 Å². The summed E-state index contributed by atoms with van der Waals surface area (Å²) in [4.78, 5) is 15.3. The van der Waals surface area contributed by atoms with Gasteiger partial charge in [-0.15, -0.1) is 0 Å².